The summed E-state index contributed by atoms with van der Waals surface area (Å²) < 4.78 is 25.2. The van der Waals surface area contributed by atoms with Crippen molar-refractivity contribution in [3.63, 3.8) is 0 Å². The van der Waals surface area contributed by atoms with E-state index in [9.17, 15) is 14.0 Å². The predicted molar refractivity (Wildman–Crippen MR) is 94.4 cm³/mol. The number of hydrogen-bond donors (Lipinski definition) is 1. The van der Waals surface area contributed by atoms with Gasteiger partial charge in [0.2, 0.25) is 0 Å². The lowest BCUT2D eigenvalue weighted by atomic mass is 10.2. The van der Waals surface area contributed by atoms with Crippen LogP contribution in [0.5, 0.6) is 5.75 Å². The second kappa shape index (κ2) is 8.35. The van der Waals surface area contributed by atoms with E-state index >= 15 is 0 Å². The summed E-state index contributed by atoms with van der Waals surface area (Å²) in [5.74, 6) is -0.961. The highest BCUT2D eigenvalue weighted by atomic mass is 35.5. The van der Waals surface area contributed by atoms with Crippen LogP contribution in [0.3, 0.4) is 0 Å². The first-order valence-electron chi connectivity index (χ1n) is 7.35. The molecule has 0 saturated carbocycles. The number of thiol groups is 1. The third-order valence-electron chi connectivity index (χ3n) is 3.37. The summed E-state index contributed by atoms with van der Waals surface area (Å²) in [5.41, 5.74) is 0.442. The maximum absolute atomic E-state index is 14.3. The largest absolute Gasteiger partial charge is 0.480 e. The molecule has 0 radical (unpaired) electrons. The Labute approximate surface area is 153 Å². The fraction of sp³-hybridized carbons (Fsp3) is 0.312. The molecule has 2 rings (SSSR count). The monoisotopic (exact) mass is 386 g/mol. The summed E-state index contributed by atoms with van der Waals surface area (Å²) in [6, 6.07) is 2.21. The van der Waals surface area contributed by atoms with Gasteiger partial charge in [0.25, 0.3) is 5.56 Å². The second-order valence-corrected chi connectivity index (χ2v) is 5.72. The van der Waals surface area contributed by atoms with Crippen molar-refractivity contribution in [2.45, 2.75) is 19.6 Å². The Hall–Kier alpha value is -2.06. The number of carbonyl (C=O) groups excluding carboxylic acids is 1. The zero-order chi connectivity index (χ0) is 18.6. The molecule has 0 atom stereocenters. The van der Waals surface area contributed by atoms with Crippen LogP contribution in [0.25, 0.3) is 5.69 Å². The topological polar surface area (TPSA) is 70.4 Å². The smallest absolute Gasteiger partial charge is 0.344 e. The standard InChI is InChI=1S/C16H16ClFN2O4S/c1-3-23-15(21)7-24-14-5-13(12(18)4-11(14)17)20-16(22)9(2)10(8-25)6-19-20/h4-6,25H,3,7-8H2,1-2H3. The van der Waals surface area contributed by atoms with Gasteiger partial charge in [-0.05, 0) is 25.5 Å². The summed E-state index contributed by atoms with van der Waals surface area (Å²) >= 11 is 10.1. The van der Waals surface area contributed by atoms with Gasteiger partial charge in [-0.3, -0.25) is 4.79 Å². The molecule has 25 heavy (non-hydrogen) atoms. The zero-order valence-electron chi connectivity index (χ0n) is 13.6. The van der Waals surface area contributed by atoms with E-state index in [0.29, 0.717) is 16.9 Å². The lowest BCUT2D eigenvalue weighted by Gasteiger charge is -2.12. The molecule has 0 fully saturated rings. The minimum Gasteiger partial charge on any atom is -0.480 e. The number of ether oxygens (including phenoxy) is 2. The molecule has 134 valence electrons. The van der Waals surface area contributed by atoms with E-state index in [0.717, 1.165) is 10.7 Å². The van der Waals surface area contributed by atoms with Crippen molar-refractivity contribution in [1.29, 1.82) is 0 Å². The third-order valence-corrected chi connectivity index (χ3v) is 4.01. The highest BCUT2D eigenvalue weighted by molar-refractivity contribution is 7.79. The first kappa shape index (κ1) is 19.3. The van der Waals surface area contributed by atoms with Crippen molar-refractivity contribution in [2.24, 2.45) is 0 Å². The lowest BCUT2D eigenvalue weighted by Crippen LogP contribution is -2.25. The van der Waals surface area contributed by atoms with E-state index in [-0.39, 0.29) is 23.1 Å². The van der Waals surface area contributed by atoms with Gasteiger partial charge < -0.3 is 9.47 Å². The Balaban J connectivity index is 2.42. The van der Waals surface area contributed by atoms with E-state index in [4.69, 9.17) is 21.1 Å². The van der Waals surface area contributed by atoms with E-state index in [1.807, 2.05) is 0 Å². The normalized spacial score (nSPS) is 10.6. The van der Waals surface area contributed by atoms with Gasteiger partial charge in [-0.15, -0.1) is 0 Å². The molecule has 2 aromatic rings. The van der Waals surface area contributed by atoms with Crippen LogP contribution in [0.2, 0.25) is 5.02 Å². The number of hydrogen-bond acceptors (Lipinski definition) is 6. The molecule has 0 spiro atoms. The molecule has 0 saturated heterocycles. The van der Waals surface area contributed by atoms with Crippen molar-refractivity contribution in [1.82, 2.24) is 9.78 Å². The fourth-order valence-corrected chi connectivity index (χ4v) is 2.56. The second-order valence-electron chi connectivity index (χ2n) is 5.00. The van der Waals surface area contributed by atoms with Gasteiger partial charge in [0, 0.05) is 17.4 Å². The average molecular weight is 387 g/mol. The van der Waals surface area contributed by atoms with Crippen LogP contribution in [0.1, 0.15) is 18.1 Å². The highest BCUT2D eigenvalue weighted by Gasteiger charge is 2.16. The molecule has 0 N–H and O–H groups in total. The predicted octanol–water partition coefficient (Wildman–Crippen LogP) is 2.71. The number of carbonyl (C=O) groups is 1. The number of rotatable bonds is 6. The number of halogens is 2. The molecule has 0 aliphatic rings. The van der Waals surface area contributed by atoms with Crippen molar-refractivity contribution < 1.29 is 18.7 Å². The maximum atomic E-state index is 14.3. The van der Waals surface area contributed by atoms with Crippen molar-refractivity contribution in [3.8, 4) is 11.4 Å². The van der Waals surface area contributed by atoms with Crippen LogP contribution in [0.4, 0.5) is 4.39 Å². The minimum atomic E-state index is -0.749. The van der Waals surface area contributed by atoms with E-state index in [1.165, 1.54) is 12.3 Å². The Kier molecular flexibility index (Phi) is 6.44. The van der Waals surface area contributed by atoms with Gasteiger partial charge in [-0.25, -0.2) is 9.18 Å². The molecule has 1 heterocycles. The first-order valence-corrected chi connectivity index (χ1v) is 8.36. The number of esters is 1. The summed E-state index contributed by atoms with van der Waals surface area (Å²) in [7, 11) is 0. The molecule has 0 aliphatic carbocycles. The Morgan fingerprint density at radius 1 is 1.44 bits per heavy atom. The van der Waals surface area contributed by atoms with E-state index < -0.39 is 24.0 Å². The quantitative estimate of drug-likeness (QED) is 0.610. The Morgan fingerprint density at radius 2 is 2.16 bits per heavy atom. The van der Waals surface area contributed by atoms with Crippen LogP contribution in [-0.4, -0.2) is 29.0 Å². The number of aromatic nitrogens is 2. The van der Waals surface area contributed by atoms with Gasteiger partial charge in [0.05, 0.1) is 17.8 Å². The van der Waals surface area contributed by atoms with E-state index in [2.05, 4.69) is 17.7 Å². The molecular weight excluding hydrogens is 371 g/mol. The molecule has 1 aromatic heterocycles. The van der Waals surface area contributed by atoms with Gasteiger partial charge in [0.15, 0.2) is 12.4 Å². The number of benzene rings is 1. The molecule has 1 aromatic carbocycles. The Morgan fingerprint density at radius 3 is 2.80 bits per heavy atom. The maximum Gasteiger partial charge on any atom is 0.344 e. The van der Waals surface area contributed by atoms with Crippen LogP contribution in [-0.2, 0) is 15.3 Å². The molecule has 0 amide bonds. The fourth-order valence-electron chi connectivity index (χ4n) is 2.03. The molecule has 0 aliphatic heterocycles. The van der Waals surface area contributed by atoms with Gasteiger partial charge >= 0.3 is 5.97 Å². The lowest BCUT2D eigenvalue weighted by molar-refractivity contribution is -0.145. The van der Waals surface area contributed by atoms with Gasteiger partial charge in [0.1, 0.15) is 11.4 Å². The third kappa shape index (κ3) is 4.32. The number of nitrogens with zero attached hydrogens (tertiary/aromatic N) is 2. The summed E-state index contributed by atoms with van der Waals surface area (Å²) in [5, 5.41) is 3.92. The van der Waals surface area contributed by atoms with Gasteiger partial charge in [-0.2, -0.15) is 22.4 Å². The molecule has 0 bridgehead atoms. The van der Waals surface area contributed by atoms with Gasteiger partial charge in [-0.1, -0.05) is 11.6 Å². The molecule has 9 heteroatoms. The molecule has 0 unspecified atom stereocenters. The van der Waals surface area contributed by atoms with Crippen LogP contribution < -0.4 is 10.3 Å². The summed E-state index contributed by atoms with van der Waals surface area (Å²) in [6.07, 6.45) is 1.44. The average Bonchev–Trinajstić information content (AvgIpc) is 2.57. The first-order chi connectivity index (χ1) is 11.9. The SMILES string of the molecule is CCOC(=O)COc1cc(-n2ncc(CS)c(C)c2=O)c(F)cc1Cl. The molecule has 6 nitrogen and oxygen atoms in total. The van der Waals surface area contributed by atoms with Crippen LogP contribution >= 0.6 is 24.2 Å². The summed E-state index contributed by atoms with van der Waals surface area (Å²) in [4.78, 5) is 23.8. The minimum absolute atomic E-state index is 0.0377. The van der Waals surface area contributed by atoms with Crippen LogP contribution in [0, 0.1) is 12.7 Å². The molecular formula is C16H16ClFN2O4S. The van der Waals surface area contributed by atoms with Crippen molar-refractivity contribution in [3.05, 3.63) is 50.7 Å². The Bertz CT molecular complexity index is 857. The highest BCUT2D eigenvalue weighted by Crippen LogP contribution is 2.29. The zero-order valence-corrected chi connectivity index (χ0v) is 15.2. The van der Waals surface area contributed by atoms with Crippen LogP contribution in [0.15, 0.2) is 23.1 Å². The summed E-state index contributed by atoms with van der Waals surface area (Å²) in [6.45, 7) is 3.09. The van der Waals surface area contributed by atoms with E-state index in [1.54, 1.807) is 13.8 Å². The van der Waals surface area contributed by atoms with Crippen molar-refractivity contribution in [2.75, 3.05) is 13.2 Å². The van der Waals surface area contributed by atoms with Crippen molar-refractivity contribution >= 4 is 30.2 Å².